The summed E-state index contributed by atoms with van der Waals surface area (Å²) in [6.07, 6.45) is -4.95. The number of carbonyl (C=O) groups is 3. The van der Waals surface area contributed by atoms with Gasteiger partial charge in [0.1, 0.15) is 0 Å². The second-order valence-electron chi connectivity index (χ2n) is 7.89. The van der Waals surface area contributed by atoms with Crippen molar-refractivity contribution in [1.29, 1.82) is 0 Å². The predicted molar refractivity (Wildman–Crippen MR) is 96.5 cm³/mol. The van der Waals surface area contributed by atoms with Crippen molar-refractivity contribution in [3.8, 4) is 0 Å². The molecule has 0 aromatic heterocycles. The normalized spacial score (nSPS) is 21.5. The van der Waals surface area contributed by atoms with Crippen LogP contribution in [0.5, 0.6) is 0 Å². The molecule has 1 aliphatic rings. The van der Waals surface area contributed by atoms with Gasteiger partial charge in [-0.05, 0) is 36.5 Å². The first-order valence-electron chi connectivity index (χ1n) is 8.90. The average Bonchev–Trinajstić information content (AvgIpc) is 2.84. The number of hydrogen-bond donors (Lipinski definition) is 2. The molecular weight excluding hydrogens is 375 g/mol. The van der Waals surface area contributed by atoms with Gasteiger partial charge in [0, 0.05) is 11.6 Å². The molecular formula is C19H24F3N3O3. The molecule has 0 radical (unpaired) electrons. The van der Waals surface area contributed by atoms with Crippen LogP contribution >= 0.6 is 0 Å². The van der Waals surface area contributed by atoms with E-state index in [0.29, 0.717) is 4.90 Å². The molecule has 1 aromatic rings. The zero-order chi connectivity index (χ0) is 21.5. The first-order valence-corrected chi connectivity index (χ1v) is 8.90. The van der Waals surface area contributed by atoms with Crippen molar-refractivity contribution in [2.75, 3.05) is 0 Å². The monoisotopic (exact) mass is 399 g/mol. The summed E-state index contributed by atoms with van der Waals surface area (Å²) < 4.78 is 41.4. The molecule has 4 amide bonds. The van der Waals surface area contributed by atoms with E-state index < -0.39 is 35.7 Å². The maximum atomic E-state index is 13.8. The van der Waals surface area contributed by atoms with E-state index in [0.717, 1.165) is 5.56 Å². The fraction of sp³-hybridized carbons (Fsp3) is 0.526. The number of imide groups is 1. The minimum atomic E-state index is -5.22. The van der Waals surface area contributed by atoms with Crippen LogP contribution in [0.1, 0.15) is 57.0 Å². The Morgan fingerprint density at radius 3 is 2.14 bits per heavy atom. The summed E-state index contributed by atoms with van der Waals surface area (Å²) >= 11 is 0. The molecule has 1 heterocycles. The number of alkyl halides is 3. The molecule has 0 saturated carbocycles. The van der Waals surface area contributed by atoms with Crippen LogP contribution in [0.3, 0.4) is 0 Å². The highest BCUT2D eigenvalue weighted by Gasteiger charge is 2.69. The van der Waals surface area contributed by atoms with Gasteiger partial charge in [0.05, 0.1) is 0 Å². The Labute approximate surface area is 161 Å². The van der Waals surface area contributed by atoms with Crippen LogP contribution in [0.25, 0.3) is 0 Å². The summed E-state index contributed by atoms with van der Waals surface area (Å²) in [4.78, 5) is 37.6. The third kappa shape index (κ3) is 3.70. The topological polar surface area (TPSA) is 78.5 Å². The van der Waals surface area contributed by atoms with E-state index in [1.54, 1.807) is 29.7 Å². The van der Waals surface area contributed by atoms with E-state index in [4.69, 9.17) is 0 Å². The molecule has 1 aromatic carbocycles. The van der Waals surface area contributed by atoms with E-state index >= 15 is 0 Å². The second-order valence-corrected chi connectivity index (χ2v) is 7.89. The number of urea groups is 1. The fourth-order valence-electron chi connectivity index (χ4n) is 2.84. The van der Waals surface area contributed by atoms with Gasteiger partial charge in [-0.3, -0.25) is 19.8 Å². The third-order valence-corrected chi connectivity index (χ3v) is 4.82. The lowest BCUT2D eigenvalue weighted by Gasteiger charge is -2.30. The zero-order valence-corrected chi connectivity index (χ0v) is 16.4. The molecule has 2 N–H and O–H groups in total. The van der Waals surface area contributed by atoms with Crippen LogP contribution in [-0.2, 0) is 10.2 Å². The molecule has 0 aliphatic carbocycles. The van der Waals surface area contributed by atoms with Crippen LogP contribution in [0.4, 0.5) is 18.0 Å². The molecule has 9 heteroatoms. The van der Waals surface area contributed by atoms with E-state index in [1.807, 2.05) is 20.8 Å². The van der Waals surface area contributed by atoms with Gasteiger partial charge in [-0.2, -0.15) is 13.2 Å². The Morgan fingerprint density at radius 1 is 1.18 bits per heavy atom. The van der Waals surface area contributed by atoms with Gasteiger partial charge >= 0.3 is 12.2 Å². The minimum absolute atomic E-state index is 0.0549. The van der Waals surface area contributed by atoms with Crippen LogP contribution in [-0.4, -0.2) is 40.6 Å². The highest BCUT2D eigenvalue weighted by atomic mass is 19.4. The number of nitrogens with one attached hydrogen (secondary N) is 2. The molecule has 1 aliphatic heterocycles. The minimum Gasteiger partial charge on any atom is -0.314 e. The largest absolute Gasteiger partial charge is 0.440 e. The summed E-state index contributed by atoms with van der Waals surface area (Å²) in [5, 5.41) is 3.35. The summed E-state index contributed by atoms with van der Waals surface area (Å²) in [5.41, 5.74) is -2.86. The second kappa shape index (κ2) is 7.10. The quantitative estimate of drug-likeness (QED) is 0.763. The lowest BCUT2D eigenvalue weighted by atomic mass is 9.86. The molecule has 0 bridgehead atoms. The van der Waals surface area contributed by atoms with Gasteiger partial charge in [0.2, 0.25) is 0 Å². The number of carbonyl (C=O) groups excluding carboxylic acids is 3. The van der Waals surface area contributed by atoms with Gasteiger partial charge in [-0.15, -0.1) is 0 Å². The van der Waals surface area contributed by atoms with E-state index in [9.17, 15) is 27.6 Å². The Bertz CT molecular complexity index is 784. The first-order chi connectivity index (χ1) is 12.7. The van der Waals surface area contributed by atoms with Crippen LogP contribution < -0.4 is 10.6 Å². The van der Waals surface area contributed by atoms with Gasteiger partial charge in [-0.1, -0.05) is 39.8 Å². The molecule has 0 spiro atoms. The highest BCUT2D eigenvalue weighted by Crippen LogP contribution is 2.35. The highest BCUT2D eigenvalue weighted by molar-refractivity contribution is 6.10. The zero-order valence-electron chi connectivity index (χ0n) is 16.4. The van der Waals surface area contributed by atoms with Crippen molar-refractivity contribution in [3.63, 3.8) is 0 Å². The molecule has 6 nitrogen and oxygen atoms in total. The van der Waals surface area contributed by atoms with Crippen LogP contribution in [0.15, 0.2) is 24.3 Å². The van der Waals surface area contributed by atoms with Crippen molar-refractivity contribution in [2.45, 2.75) is 64.3 Å². The lowest BCUT2D eigenvalue weighted by molar-refractivity contribution is -0.200. The molecule has 2 rings (SSSR count). The van der Waals surface area contributed by atoms with E-state index in [2.05, 4.69) is 0 Å². The number of halogens is 3. The summed E-state index contributed by atoms with van der Waals surface area (Å²) in [6.45, 7) is 8.95. The predicted octanol–water partition coefficient (Wildman–Crippen LogP) is 3.32. The Balaban J connectivity index is 2.37. The van der Waals surface area contributed by atoms with Crippen molar-refractivity contribution < 1.29 is 27.6 Å². The Kier molecular flexibility index (Phi) is 5.51. The SMILES string of the molecule is CC[C@@H](C)N1C(=O)N[C@](NC(=O)c2ccc(C(C)(C)C)cc2)(C(F)(F)F)C1=O. The van der Waals surface area contributed by atoms with Crippen molar-refractivity contribution in [3.05, 3.63) is 35.4 Å². The summed E-state index contributed by atoms with van der Waals surface area (Å²) in [7, 11) is 0. The number of rotatable bonds is 4. The molecule has 28 heavy (non-hydrogen) atoms. The molecule has 1 saturated heterocycles. The van der Waals surface area contributed by atoms with Gasteiger partial charge in [-0.25, -0.2) is 4.79 Å². The van der Waals surface area contributed by atoms with Crippen LogP contribution in [0, 0.1) is 0 Å². The maximum Gasteiger partial charge on any atom is 0.440 e. The van der Waals surface area contributed by atoms with Gasteiger partial charge in [0.25, 0.3) is 17.5 Å². The van der Waals surface area contributed by atoms with Gasteiger partial charge in [0.15, 0.2) is 0 Å². The number of amides is 4. The fourth-order valence-corrected chi connectivity index (χ4v) is 2.84. The van der Waals surface area contributed by atoms with Crippen molar-refractivity contribution >= 4 is 17.8 Å². The molecule has 154 valence electrons. The van der Waals surface area contributed by atoms with Crippen molar-refractivity contribution in [2.24, 2.45) is 0 Å². The maximum absolute atomic E-state index is 13.8. The van der Waals surface area contributed by atoms with Crippen molar-refractivity contribution in [1.82, 2.24) is 15.5 Å². The number of benzene rings is 1. The summed E-state index contributed by atoms with van der Waals surface area (Å²) in [5.74, 6) is -2.66. The number of hydrogen-bond acceptors (Lipinski definition) is 3. The first kappa shape index (κ1) is 21.7. The Hall–Kier alpha value is -2.58. The van der Waals surface area contributed by atoms with E-state index in [-0.39, 0.29) is 17.4 Å². The summed E-state index contributed by atoms with van der Waals surface area (Å²) in [6, 6.07) is 4.09. The van der Waals surface area contributed by atoms with Crippen LogP contribution in [0.2, 0.25) is 0 Å². The third-order valence-electron chi connectivity index (χ3n) is 4.82. The average molecular weight is 399 g/mol. The number of nitrogens with zero attached hydrogens (tertiary/aromatic N) is 1. The molecule has 2 atom stereocenters. The van der Waals surface area contributed by atoms with E-state index in [1.165, 1.54) is 19.1 Å². The lowest BCUT2D eigenvalue weighted by Crippen LogP contribution is -2.69. The molecule has 0 unspecified atom stereocenters. The smallest absolute Gasteiger partial charge is 0.314 e. The van der Waals surface area contributed by atoms with Gasteiger partial charge < -0.3 is 5.32 Å². The Morgan fingerprint density at radius 2 is 1.71 bits per heavy atom. The molecule has 1 fully saturated rings. The standard InChI is InChI=1S/C19H24F3N3O3/c1-6-11(2)25-15(27)18(19(20,21)22,24-16(25)28)23-14(26)12-7-9-13(10-8-12)17(3,4)5/h7-11H,6H2,1-5H3,(H,23,26)(H,24,28)/t11-,18+/m1/s1.